The number of hydrogen-bond acceptors (Lipinski definition) is 2. The summed E-state index contributed by atoms with van der Waals surface area (Å²) >= 11 is 0. The van der Waals surface area contributed by atoms with Gasteiger partial charge >= 0.3 is 0 Å². The van der Waals surface area contributed by atoms with Gasteiger partial charge in [0.15, 0.2) is 0 Å². The molecule has 0 unspecified atom stereocenters. The van der Waals surface area contributed by atoms with Crippen molar-refractivity contribution < 1.29 is 4.79 Å². The number of carbonyl (C=O) groups is 1. The molecular formula is C16H24N2O. The Kier molecular flexibility index (Phi) is 4.59. The van der Waals surface area contributed by atoms with Crippen LogP contribution >= 0.6 is 0 Å². The van der Waals surface area contributed by atoms with Gasteiger partial charge in [0.05, 0.1) is 6.42 Å². The Balaban J connectivity index is 1.80. The first kappa shape index (κ1) is 14.1. The summed E-state index contributed by atoms with van der Waals surface area (Å²) in [5, 5.41) is 3.03. The first-order valence-corrected chi connectivity index (χ1v) is 7.22. The Morgan fingerprint density at radius 3 is 2.37 bits per heavy atom. The number of benzene rings is 1. The summed E-state index contributed by atoms with van der Waals surface area (Å²) in [6, 6.07) is 8.27. The molecule has 1 aromatic carbocycles. The Morgan fingerprint density at radius 1 is 1.26 bits per heavy atom. The van der Waals surface area contributed by atoms with Crippen LogP contribution in [0.5, 0.6) is 0 Å². The van der Waals surface area contributed by atoms with E-state index in [2.05, 4.69) is 24.4 Å². The molecule has 0 aliphatic heterocycles. The standard InChI is InChI=1S/C16H24N2O/c1-2-13-4-6-14(7-5-13)10-15(19)18-12-16(11-17)8-3-9-16/h4-7H,2-3,8-12,17H2,1H3,(H,18,19). The summed E-state index contributed by atoms with van der Waals surface area (Å²) in [5.41, 5.74) is 8.35. The van der Waals surface area contributed by atoms with E-state index in [1.165, 1.54) is 12.0 Å². The molecule has 2 rings (SSSR count). The molecule has 104 valence electrons. The second-order valence-corrected chi connectivity index (χ2v) is 5.68. The van der Waals surface area contributed by atoms with Crippen LogP contribution in [-0.2, 0) is 17.6 Å². The van der Waals surface area contributed by atoms with E-state index in [0.717, 1.165) is 31.4 Å². The highest BCUT2D eigenvalue weighted by atomic mass is 16.1. The molecule has 0 atom stereocenters. The molecule has 0 bridgehead atoms. The first-order chi connectivity index (χ1) is 9.17. The summed E-state index contributed by atoms with van der Waals surface area (Å²) in [4.78, 5) is 11.9. The normalized spacial score (nSPS) is 16.7. The molecule has 3 nitrogen and oxygen atoms in total. The van der Waals surface area contributed by atoms with Crippen LogP contribution in [0, 0.1) is 5.41 Å². The van der Waals surface area contributed by atoms with E-state index < -0.39 is 0 Å². The monoisotopic (exact) mass is 260 g/mol. The minimum absolute atomic E-state index is 0.101. The maximum atomic E-state index is 11.9. The topological polar surface area (TPSA) is 55.1 Å². The van der Waals surface area contributed by atoms with Crippen LogP contribution in [0.25, 0.3) is 0 Å². The molecule has 3 heteroatoms. The van der Waals surface area contributed by atoms with Gasteiger partial charge in [-0.1, -0.05) is 37.6 Å². The third-order valence-electron chi connectivity index (χ3n) is 4.30. The van der Waals surface area contributed by atoms with Crippen LogP contribution in [-0.4, -0.2) is 19.0 Å². The number of nitrogens with one attached hydrogen (secondary N) is 1. The van der Waals surface area contributed by atoms with Gasteiger partial charge in [0.2, 0.25) is 5.91 Å². The molecule has 1 fully saturated rings. The van der Waals surface area contributed by atoms with Gasteiger partial charge in [0, 0.05) is 6.54 Å². The molecular weight excluding hydrogens is 236 g/mol. The van der Waals surface area contributed by atoms with Crippen molar-refractivity contribution in [2.45, 2.75) is 39.0 Å². The molecule has 3 N–H and O–H groups in total. The Morgan fingerprint density at radius 2 is 1.89 bits per heavy atom. The predicted octanol–water partition coefficient (Wildman–Crippen LogP) is 2.04. The zero-order valence-electron chi connectivity index (χ0n) is 11.7. The lowest BCUT2D eigenvalue weighted by Gasteiger charge is -2.41. The van der Waals surface area contributed by atoms with E-state index in [4.69, 9.17) is 5.73 Å². The number of nitrogens with two attached hydrogens (primary N) is 1. The lowest BCUT2D eigenvalue weighted by Crippen LogP contribution is -2.47. The number of amides is 1. The predicted molar refractivity (Wildman–Crippen MR) is 77.9 cm³/mol. The molecule has 1 aliphatic rings. The minimum atomic E-state index is 0.101. The average Bonchev–Trinajstić information content (AvgIpc) is 2.39. The zero-order chi connectivity index (χ0) is 13.7. The van der Waals surface area contributed by atoms with Gasteiger partial charge in [-0.15, -0.1) is 0 Å². The highest BCUT2D eigenvalue weighted by Crippen LogP contribution is 2.39. The van der Waals surface area contributed by atoms with Crippen molar-refractivity contribution in [1.29, 1.82) is 0 Å². The fraction of sp³-hybridized carbons (Fsp3) is 0.562. The quantitative estimate of drug-likeness (QED) is 0.822. The second kappa shape index (κ2) is 6.20. The zero-order valence-corrected chi connectivity index (χ0v) is 11.7. The molecule has 0 saturated heterocycles. The van der Waals surface area contributed by atoms with E-state index in [0.29, 0.717) is 13.0 Å². The maximum Gasteiger partial charge on any atom is 0.224 e. The fourth-order valence-electron chi connectivity index (χ4n) is 2.56. The highest BCUT2D eigenvalue weighted by Gasteiger charge is 2.35. The van der Waals surface area contributed by atoms with Crippen LogP contribution in [0.3, 0.4) is 0 Å². The average molecular weight is 260 g/mol. The van der Waals surface area contributed by atoms with Gasteiger partial charge in [-0.3, -0.25) is 4.79 Å². The van der Waals surface area contributed by atoms with Gasteiger partial charge in [-0.25, -0.2) is 0 Å². The highest BCUT2D eigenvalue weighted by molar-refractivity contribution is 5.78. The summed E-state index contributed by atoms with van der Waals surface area (Å²) in [5.74, 6) is 0.101. The number of carbonyl (C=O) groups excluding carboxylic acids is 1. The number of rotatable bonds is 6. The molecule has 1 amide bonds. The smallest absolute Gasteiger partial charge is 0.224 e. The van der Waals surface area contributed by atoms with Crippen molar-refractivity contribution in [3.8, 4) is 0 Å². The third-order valence-corrected chi connectivity index (χ3v) is 4.30. The fourth-order valence-corrected chi connectivity index (χ4v) is 2.56. The summed E-state index contributed by atoms with van der Waals surface area (Å²) in [6.07, 6.45) is 5.03. The molecule has 0 heterocycles. The molecule has 1 aromatic rings. The molecule has 0 aromatic heterocycles. The third kappa shape index (κ3) is 3.57. The van der Waals surface area contributed by atoms with Crippen molar-refractivity contribution >= 4 is 5.91 Å². The summed E-state index contributed by atoms with van der Waals surface area (Å²) in [7, 11) is 0. The Bertz CT molecular complexity index is 415. The molecule has 19 heavy (non-hydrogen) atoms. The van der Waals surface area contributed by atoms with Gasteiger partial charge in [0.1, 0.15) is 0 Å². The second-order valence-electron chi connectivity index (χ2n) is 5.68. The molecule has 1 aliphatic carbocycles. The van der Waals surface area contributed by atoms with Crippen molar-refractivity contribution in [3.05, 3.63) is 35.4 Å². The minimum Gasteiger partial charge on any atom is -0.355 e. The van der Waals surface area contributed by atoms with Crippen LogP contribution in [0.4, 0.5) is 0 Å². The van der Waals surface area contributed by atoms with Gasteiger partial charge in [0.25, 0.3) is 0 Å². The summed E-state index contributed by atoms with van der Waals surface area (Å²) in [6.45, 7) is 3.54. The molecule has 0 radical (unpaired) electrons. The lowest BCUT2D eigenvalue weighted by atomic mass is 9.69. The lowest BCUT2D eigenvalue weighted by molar-refractivity contribution is -0.121. The summed E-state index contributed by atoms with van der Waals surface area (Å²) < 4.78 is 0. The van der Waals surface area contributed by atoms with Crippen molar-refractivity contribution in [1.82, 2.24) is 5.32 Å². The van der Waals surface area contributed by atoms with Crippen LogP contribution in [0.15, 0.2) is 24.3 Å². The van der Waals surface area contributed by atoms with Crippen molar-refractivity contribution in [2.75, 3.05) is 13.1 Å². The largest absolute Gasteiger partial charge is 0.355 e. The molecule has 0 spiro atoms. The first-order valence-electron chi connectivity index (χ1n) is 7.22. The van der Waals surface area contributed by atoms with E-state index in [9.17, 15) is 4.79 Å². The van der Waals surface area contributed by atoms with E-state index in [1.54, 1.807) is 0 Å². The van der Waals surface area contributed by atoms with E-state index in [1.807, 2.05) is 12.1 Å². The van der Waals surface area contributed by atoms with Gasteiger partial charge in [-0.2, -0.15) is 0 Å². The van der Waals surface area contributed by atoms with Crippen LogP contribution < -0.4 is 11.1 Å². The van der Waals surface area contributed by atoms with Gasteiger partial charge in [-0.05, 0) is 42.3 Å². The van der Waals surface area contributed by atoms with Crippen molar-refractivity contribution in [3.63, 3.8) is 0 Å². The van der Waals surface area contributed by atoms with Gasteiger partial charge < -0.3 is 11.1 Å². The maximum absolute atomic E-state index is 11.9. The number of hydrogen-bond donors (Lipinski definition) is 2. The van der Waals surface area contributed by atoms with E-state index >= 15 is 0 Å². The van der Waals surface area contributed by atoms with Crippen LogP contribution in [0.2, 0.25) is 0 Å². The van der Waals surface area contributed by atoms with Crippen molar-refractivity contribution in [2.24, 2.45) is 11.1 Å². The van der Waals surface area contributed by atoms with E-state index in [-0.39, 0.29) is 11.3 Å². The SMILES string of the molecule is CCc1ccc(CC(=O)NCC2(CN)CCC2)cc1. The van der Waals surface area contributed by atoms with Crippen LogP contribution in [0.1, 0.15) is 37.3 Å². The number of aryl methyl sites for hydroxylation is 1. The Labute approximate surface area is 115 Å². The Hall–Kier alpha value is -1.35. The molecule has 1 saturated carbocycles.